The van der Waals surface area contributed by atoms with E-state index in [1.807, 2.05) is 54.6 Å². The minimum absolute atomic E-state index is 0.150. The number of benzene rings is 2. The summed E-state index contributed by atoms with van der Waals surface area (Å²) in [6, 6.07) is 17.1. The molecule has 0 atom stereocenters. The second kappa shape index (κ2) is 5.65. The summed E-state index contributed by atoms with van der Waals surface area (Å²) in [5.41, 5.74) is 1.64. The lowest BCUT2D eigenvalue weighted by Gasteiger charge is -2.21. The predicted octanol–water partition coefficient (Wildman–Crippen LogP) is 4.30. The van der Waals surface area contributed by atoms with Crippen LogP contribution in [0.5, 0.6) is 0 Å². The molecular weight excluding hydrogens is 290 g/mol. The number of rotatable bonds is 3. The molecule has 90 valence electrons. The van der Waals surface area contributed by atoms with Gasteiger partial charge in [0.25, 0.3) is 5.91 Å². The van der Waals surface area contributed by atoms with E-state index in [0.717, 1.165) is 15.8 Å². The molecule has 2 aromatic carbocycles. The number of carbonyl (C=O) groups excluding carboxylic acids is 1. The maximum Gasteiger partial charge on any atom is 0.254 e. The van der Waals surface area contributed by atoms with E-state index in [0.29, 0.717) is 0 Å². The molecule has 18 heavy (non-hydrogen) atoms. The Balaban J connectivity index is 2.46. The molecule has 0 saturated carbocycles. The molecule has 0 aliphatic rings. The van der Waals surface area contributed by atoms with Crippen molar-refractivity contribution in [2.45, 2.75) is 0 Å². The Morgan fingerprint density at radius 3 is 2.11 bits per heavy atom. The van der Waals surface area contributed by atoms with Gasteiger partial charge < -0.3 is 0 Å². The Bertz CT molecular complexity index is 548. The number of para-hydroxylation sites is 1. The van der Waals surface area contributed by atoms with Gasteiger partial charge in [-0.1, -0.05) is 40.7 Å². The van der Waals surface area contributed by atoms with Crippen molar-refractivity contribution >= 4 is 33.2 Å². The minimum atomic E-state index is -0.150. The zero-order valence-electron chi connectivity index (χ0n) is 9.71. The van der Waals surface area contributed by atoms with E-state index in [4.69, 9.17) is 0 Å². The van der Waals surface area contributed by atoms with E-state index in [-0.39, 0.29) is 5.91 Å². The molecule has 0 saturated heterocycles. The van der Waals surface area contributed by atoms with E-state index in [1.165, 1.54) is 6.08 Å². The zero-order chi connectivity index (χ0) is 13.0. The maximum atomic E-state index is 12.0. The van der Waals surface area contributed by atoms with Gasteiger partial charge in [0.1, 0.15) is 0 Å². The highest BCUT2D eigenvalue weighted by atomic mass is 79.9. The second-order valence-corrected chi connectivity index (χ2v) is 4.61. The van der Waals surface area contributed by atoms with Crippen molar-refractivity contribution < 1.29 is 4.79 Å². The minimum Gasteiger partial charge on any atom is -0.278 e. The first-order valence-corrected chi connectivity index (χ1v) is 6.29. The molecule has 2 aromatic rings. The molecule has 0 fully saturated rings. The van der Waals surface area contributed by atoms with E-state index >= 15 is 0 Å². The van der Waals surface area contributed by atoms with E-state index in [1.54, 1.807) is 4.90 Å². The van der Waals surface area contributed by atoms with Crippen LogP contribution in [0.25, 0.3) is 0 Å². The van der Waals surface area contributed by atoms with E-state index in [2.05, 4.69) is 22.5 Å². The lowest BCUT2D eigenvalue weighted by Crippen LogP contribution is -2.23. The molecule has 0 spiro atoms. The Morgan fingerprint density at radius 2 is 1.56 bits per heavy atom. The van der Waals surface area contributed by atoms with E-state index in [9.17, 15) is 4.79 Å². The summed E-state index contributed by atoms with van der Waals surface area (Å²) in [6.45, 7) is 3.55. The monoisotopic (exact) mass is 301 g/mol. The van der Waals surface area contributed by atoms with Gasteiger partial charge >= 0.3 is 0 Å². The number of hydrogen-bond donors (Lipinski definition) is 0. The van der Waals surface area contributed by atoms with Crippen molar-refractivity contribution in [3.8, 4) is 0 Å². The molecule has 0 aliphatic carbocycles. The lowest BCUT2D eigenvalue weighted by atomic mass is 10.2. The molecule has 0 aliphatic heterocycles. The smallest absolute Gasteiger partial charge is 0.254 e. The second-order valence-electron chi connectivity index (χ2n) is 3.69. The third-order valence-electron chi connectivity index (χ3n) is 2.49. The predicted molar refractivity (Wildman–Crippen MR) is 77.9 cm³/mol. The van der Waals surface area contributed by atoms with Crippen LogP contribution in [-0.2, 0) is 4.79 Å². The lowest BCUT2D eigenvalue weighted by molar-refractivity contribution is -0.113. The Kier molecular flexibility index (Phi) is 3.95. The summed E-state index contributed by atoms with van der Waals surface area (Å²) in [5, 5.41) is 0. The summed E-state index contributed by atoms with van der Waals surface area (Å²) < 4.78 is 0.977. The van der Waals surface area contributed by atoms with Gasteiger partial charge in [0, 0.05) is 15.8 Å². The van der Waals surface area contributed by atoms with Crippen molar-refractivity contribution in [3.63, 3.8) is 0 Å². The third kappa shape index (κ3) is 2.68. The van der Waals surface area contributed by atoms with Gasteiger partial charge in [0.2, 0.25) is 0 Å². The van der Waals surface area contributed by atoms with Crippen LogP contribution in [0.2, 0.25) is 0 Å². The van der Waals surface area contributed by atoms with Crippen molar-refractivity contribution in [3.05, 3.63) is 71.7 Å². The van der Waals surface area contributed by atoms with Gasteiger partial charge in [-0.05, 0) is 42.5 Å². The standard InChI is InChI=1S/C15H12BrNO/c1-2-15(18)17(13-6-4-3-5-7-13)14-10-8-12(16)9-11-14/h2-11H,1H2. The average Bonchev–Trinajstić information content (AvgIpc) is 2.42. The molecule has 0 radical (unpaired) electrons. The highest BCUT2D eigenvalue weighted by molar-refractivity contribution is 9.10. The van der Waals surface area contributed by atoms with Crippen LogP contribution in [0.1, 0.15) is 0 Å². The van der Waals surface area contributed by atoms with Gasteiger partial charge in [-0.15, -0.1) is 0 Å². The third-order valence-corrected chi connectivity index (χ3v) is 3.02. The largest absolute Gasteiger partial charge is 0.278 e. The molecule has 2 rings (SSSR count). The fourth-order valence-corrected chi connectivity index (χ4v) is 1.93. The molecule has 0 bridgehead atoms. The number of anilines is 2. The average molecular weight is 302 g/mol. The first-order valence-electron chi connectivity index (χ1n) is 5.49. The zero-order valence-corrected chi connectivity index (χ0v) is 11.3. The number of hydrogen-bond acceptors (Lipinski definition) is 1. The summed E-state index contributed by atoms with van der Waals surface area (Å²) >= 11 is 3.38. The molecule has 2 nitrogen and oxygen atoms in total. The van der Waals surface area contributed by atoms with Gasteiger partial charge in [-0.3, -0.25) is 9.69 Å². The first kappa shape index (κ1) is 12.6. The van der Waals surface area contributed by atoms with Crippen LogP contribution in [0.4, 0.5) is 11.4 Å². The van der Waals surface area contributed by atoms with Gasteiger partial charge in [-0.2, -0.15) is 0 Å². The fourth-order valence-electron chi connectivity index (χ4n) is 1.66. The normalized spacial score (nSPS) is 9.83. The van der Waals surface area contributed by atoms with Crippen LogP contribution in [0, 0.1) is 0 Å². The van der Waals surface area contributed by atoms with Crippen molar-refractivity contribution in [1.29, 1.82) is 0 Å². The number of nitrogens with zero attached hydrogens (tertiary/aromatic N) is 1. The summed E-state index contributed by atoms with van der Waals surface area (Å²) in [6.07, 6.45) is 1.31. The quantitative estimate of drug-likeness (QED) is 0.774. The molecule has 0 heterocycles. The summed E-state index contributed by atoms with van der Waals surface area (Å²) in [4.78, 5) is 13.6. The van der Waals surface area contributed by atoms with Crippen LogP contribution in [-0.4, -0.2) is 5.91 Å². The number of carbonyl (C=O) groups is 1. The number of halogens is 1. The van der Waals surface area contributed by atoms with Crippen molar-refractivity contribution in [2.75, 3.05) is 4.90 Å². The van der Waals surface area contributed by atoms with Crippen LogP contribution >= 0.6 is 15.9 Å². The molecule has 0 N–H and O–H groups in total. The van der Waals surface area contributed by atoms with Crippen LogP contribution in [0.3, 0.4) is 0 Å². The molecule has 3 heteroatoms. The first-order chi connectivity index (χ1) is 8.72. The molecule has 0 aromatic heterocycles. The van der Waals surface area contributed by atoms with Crippen LogP contribution < -0.4 is 4.90 Å². The van der Waals surface area contributed by atoms with Crippen LogP contribution in [0.15, 0.2) is 71.7 Å². The van der Waals surface area contributed by atoms with Gasteiger partial charge in [-0.25, -0.2) is 0 Å². The SMILES string of the molecule is C=CC(=O)N(c1ccccc1)c1ccc(Br)cc1. The number of amides is 1. The fraction of sp³-hybridized carbons (Fsp3) is 0. The molecule has 1 amide bonds. The maximum absolute atomic E-state index is 12.0. The highest BCUT2D eigenvalue weighted by Crippen LogP contribution is 2.26. The van der Waals surface area contributed by atoms with Gasteiger partial charge in [0.15, 0.2) is 0 Å². The van der Waals surface area contributed by atoms with Crippen molar-refractivity contribution in [2.24, 2.45) is 0 Å². The van der Waals surface area contributed by atoms with E-state index < -0.39 is 0 Å². The summed E-state index contributed by atoms with van der Waals surface area (Å²) in [5.74, 6) is -0.150. The Hall–Kier alpha value is -1.87. The topological polar surface area (TPSA) is 20.3 Å². The molecule has 0 unspecified atom stereocenters. The highest BCUT2D eigenvalue weighted by Gasteiger charge is 2.14. The van der Waals surface area contributed by atoms with Crippen molar-refractivity contribution in [1.82, 2.24) is 0 Å². The molecular formula is C15H12BrNO. The van der Waals surface area contributed by atoms with Gasteiger partial charge in [0.05, 0.1) is 0 Å². The Morgan fingerprint density at radius 1 is 1.00 bits per heavy atom. The Labute approximate surface area is 115 Å². The summed E-state index contributed by atoms with van der Waals surface area (Å²) in [7, 11) is 0.